The monoisotopic (exact) mass is 278 g/mol. The number of hydrogen-bond donors (Lipinski definition) is 2. The summed E-state index contributed by atoms with van der Waals surface area (Å²) >= 11 is 0. The second kappa shape index (κ2) is 6.33. The van der Waals surface area contributed by atoms with E-state index in [1.165, 1.54) is 18.6 Å². The van der Waals surface area contributed by atoms with Crippen LogP contribution in [0.15, 0.2) is 18.2 Å². The largest absolute Gasteiger partial charge is 0.387 e. The van der Waals surface area contributed by atoms with Crippen molar-refractivity contribution in [1.29, 1.82) is 0 Å². The van der Waals surface area contributed by atoms with Crippen molar-refractivity contribution >= 4 is 17.3 Å². The lowest BCUT2D eigenvalue weighted by Gasteiger charge is -2.27. The highest BCUT2D eigenvalue weighted by molar-refractivity contribution is 6.00. The third kappa shape index (κ3) is 3.24. The van der Waals surface area contributed by atoms with Crippen molar-refractivity contribution in [1.82, 2.24) is 10.4 Å². The number of nitro benzene ring substituents is 1. The van der Waals surface area contributed by atoms with Gasteiger partial charge in [0.05, 0.1) is 10.5 Å². The third-order valence-corrected chi connectivity index (χ3v) is 3.34. The van der Waals surface area contributed by atoms with Crippen molar-refractivity contribution in [2.24, 2.45) is 0 Å². The Balaban J connectivity index is 2.18. The van der Waals surface area contributed by atoms with Crippen molar-refractivity contribution in [3.63, 3.8) is 0 Å². The number of benzene rings is 1. The zero-order chi connectivity index (χ0) is 14.5. The fraction of sp³-hybridized carbons (Fsp3) is 0.462. The summed E-state index contributed by atoms with van der Waals surface area (Å²) in [7, 11) is 1.68. The number of amides is 1. The lowest BCUT2D eigenvalue weighted by Crippen LogP contribution is -2.45. The average molecular weight is 278 g/mol. The highest BCUT2D eigenvalue weighted by Gasteiger charge is 2.19. The van der Waals surface area contributed by atoms with Crippen molar-refractivity contribution < 1.29 is 9.72 Å². The number of carbonyl (C=O) groups excluding carboxylic acids is 1. The smallest absolute Gasteiger partial charge is 0.270 e. The Morgan fingerprint density at radius 2 is 2.00 bits per heavy atom. The van der Waals surface area contributed by atoms with Crippen molar-refractivity contribution in [2.45, 2.75) is 19.3 Å². The second-order valence-electron chi connectivity index (χ2n) is 4.73. The molecule has 0 saturated carbocycles. The van der Waals surface area contributed by atoms with Gasteiger partial charge in [-0.25, -0.2) is 5.01 Å². The minimum Gasteiger partial charge on any atom is -0.387 e. The number of rotatable bonds is 4. The fourth-order valence-electron chi connectivity index (χ4n) is 2.26. The molecule has 1 aromatic rings. The fourth-order valence-corrected chi connectivity index (χ4v) is 2.26. The SMILES string of the molecule is CNc1ccc([N+](=O)[O-])cc1C(=O)NN1CCCCC1. The number of nitro groups is 1. The van der Waals surface area contributed by atoms with E-state index in [1.54, 1.807) is 13.1 Å². The molecule has 0 bridgehead atoms. The first kappa shape index (κ1) is 14.3. The maximum absolute atomic E-state index is 12.3. The molecule has 0 spiro atoms. The van der Waals surface area contributed by atoms with Crippen LogP contribution in [0.2, 0.25) is 0 Å². The minimum absolute atomic E-state index is 0.0900. The Hall–Kier alpha value is -2.15. The van der Waals surface area contributed by atoms with E-state index in [4.69, 9.17) is 0 Å². The molecule has 7 nitrogen and oxygen atoms in total. The molecule has 0 atom stereocenters. The number of hydrazine groups is 1. The van der Waals surface area contributed by atoms with E-state index < -0.39 is 4.92 Å². The van der Waals surface area contributed by atoms with Gasteiger partial charge in [-0.1, -0.05) is 6.42 Å². The highest BCUT2D eigenvalue weighted by Crippen LogP contribution is 2.22. The van der Waals surface area contributed by atoms with Crippen LogP contribution in [-0.4, -0.2) is 36.0 Å². The molecule has 1 saturated heterocycles. The molecular weight excluding hydrogens is 260 g/mol. The predicted octanol–water partition coefficient (Wildman–Crippen LogP) is 1.77. The summed E-state index contributed by atoms with van der Waals surface area (Å²) in [5.41, 5.74) is 3.58. The Morgan fingerprint density at radius 1 is 1.30 bits per heavy atom. The summed E-state index contributed by atoms with van der Waals surface area (Å²) in [5, 5.41) is 15.6. The molecule has 20 heavy (non-hydrogen) atoms. The molecular formula is C13H18N4O3. The normalized spacial score (nSPS) is 15.7. The molecule has 0 radical (unpaired) electrons. The maximum atomic E-state index is 12.3. The first-order valence-corrected chi connectivity index (χ1v) is 6.64. The van der Waals surface area contributed by atoms with Gasteiger partial charge < -0.3 is 5.32 Å². The molecule has 0 aliphatic carbocycles. The van der Waals surface area contributed by atoms with E-state index in [0.29, 0.717) is 5.69 Å². The predicted molar refractivity (Wildman–Crippen MR) is 75.5 cm³/mol. The summed E-state index contributed by atoms with van der Waals surface area (Å²) in [4.78, 5) is 22.6. The number of carbonyl (C=O) groups is 1. The number of nitrogens with one attached hydrogen (secondary N) is 2. The molecule has 0 unspecified atom stereocenters. The van der Waals surface area contributed by atoms with Gasteiger partial charge in [0.25, 0.3) is 11.6 Å². The molecule has 1 fully saturated rings. The molecule has 2 N–H and O–H groups in total. The number of nitrogens with zero attached hydrogens (tertiary/aromatic N) is 2. The van der Waals surface area contributed by atoms with Crippen LogP contribution < -0.4 is 10.7 Å². The summed E-state index contributed by atoms with van der Waals surface area (Å²) < 4.78 is 0. The van der Waals surface area contributed by atoms with Crippen LogP contribution in [0.4, 0.5) is 11.4 Å². The van der Waals surface area contributed by atoms with Gasteiger partial charge in [-0.05, 0) is 18.9 Å². The lowest BCUT2D eigenvalue weighted by atomic mass is 10.1. The van der Waals surface area contributed by atoms with Crippen molar-refractivity contribution in [3.8, 4) is 0 Å². The average Bonchev–Trinajstić information content (AvgIpc) is 2.47. The van der Waals surface area contributed by atoms with E-state index in [0.717, 1.165) is 25.9 Å². The zero-order valence-electron chi connectivity index (χ0n) is 11.4. The molecule has 1 amide bonds. The quantitative estimate of drug-likeness (QED) is 0.647. The molecule has 0 aromatic heterocycles. The van der Waals surface area contributed by atoms with Gasteiger partial charge in [0.1, 0.15) is 0 Å². The van der Waals surface area contributed by atoms with E-state index in [2.05, 4.69) is 10.7 Å². The molecule has 1 heterocycles. The molecule has 1 aliphatic heterocycles. The van der Waals surface area contributed by atoms with Gasteiger partial charge in [-0.2, -0.15) is 0 Å². The van der Waals surface area contributed by atoms with E-state index in [9.17, 15) is 14.9 Å². The number of hydrogen-bond acceptors (Lipinski definition) is 5. The first-order chi connectivity index (χ1) is 9.61. The van der Waals surface area contributed by atoms with Crippen molar-refractivity contribution in [2.75, 3.05) is 25.5 Å². The highest BCUT2D eigenvalue weighted by atomic mass is 16.6. The standard InChI is InChI=1S/C13H18N4O3/c1-14-12-6-5-10(17(19)20)9-11(12)13(18)15-16-7-3-2-4-8-16/h5-6,9,14H,2-4,7-8H2,1H3,(H,15,18). The molecule has 1 aliphatic rings. The summed E-state index contributed by atoms with van der Waals surface area (Å²) in [5.74, 6) is -0.319. The summed E-state index contributed by atoms with van der Waals surface area (Å²) in [6.45, 7) is 1.63. The van der Waals surface area contributed by atoms with E-state index >= 15 is 0 Å². The van der Waals surface area contributed by atoms with Crippen LogP contribution in [0.25, 0.3) is 0 Å². The Morgan fingerprint density at radius 3 is 2.60 bits per heavy atom. The minimum atomic E-state index is -0.503. The van der Waals surface area contributed by atoms with Gasteiger partial charge in [0.2, 0.25) is 0 Å². The van der Waals surface area contributed by atoms with Gasteiger partial charge >= 0.3 is 0 Å². The van der Waals surface area contributed by atoms with Crippen LogP contribution in [0, 0.1) is 10.1 Å². The number of non-ortho nitro benzene ring substituents is 1. The Bertz CT molecular complexity index is 512. The maximum Gasteiger partial charge on any atom is 0.270 e. The van der Waals surface area contributed by atoms with Crippen LogP contribution in [0.5, 0.6) is 0 Å². The molecule has 1 aromatic carbocycles. The van der Waals surface area contributed by atoms with Crippen LogP contribution >= 0.6 is 0 Å². The molecule has 108 valence electrons. The zero-order valence-corrected chi connectivity index (χ0v) is 11.4. The first-order valence-electron chi connectivity index (χ1n) is 6.64. The number of anilines is 1. The Labute approximate surface area is 117 Å². The molecule has 7 heteroatoms. The summed E-state index contributed by atoms with van der Waals surface area (Å²) in [6.07, 6.45) is 3.27. The van der Waals surface area contributed by atoms with Gasteiger partial charge in [0.15, 0.2) is 0 Å². The van der Waals surface area contributed by atoms with Crippen LogP contribution in [-0.2, 0) is 0 Å². The topological polar surface area (TPSA) is 87.5 Å². The Kier molecular flexibility index (Phi) is 4.52. The van der Waals surface area contributed by atoms with Crippen molar-refractivity contribution in [3.05, 3.63) is 33.9 Å². The molecule has 2 rings (SSSR count). The van der Waals surface area contributed by atoms with Crippen LogP contribution in [0.3, 0.4) is 0 Å². The lowest BCUT2D eigenvalue weighted by molar-refractivity contribution is -0.384. The summed E-state index contributed by atoms with van der Waals surface area (Å²) in [6, 6.07) is 4.22. The van der Waals surface area contributed by atoms with Gasteiger partial charge in [0, 0.05) is 38.0 Å². The van der Waals surface area contributed by atoms with Gasteiger partial charge in [-0.15, -0.1) is 0 Å². The number of piperidine rings is 1. The van der Waals surface area contributed by atoms with E-state index in [1.807, 2.05) is 5.01 Å². The van der Waals surface area contributed by atoms with Gasteiger partial charge in [-0.3, -0.25) is 20.3 Å². The third-order valence-electron chi connectivity index (χ3n) is 3.34. The van der Waals surface area contributed by atoms with Crippen LogP contribution in [0.1, 0.15) is 29.6 Å². The van der Waals surface area contributed by atoms with E-state index in [-0.39, 0.29) is 17.2 Å². The second-order valence-corrected chi connectivity index (χ2v) is 4.73.